The second-order valence-corrected chi connectivity index (χ2v) is 6.18. The minimum atomic E-state index is -0.227. The summed E-state index contributed by atoms with van der Waals surface area (Å²) in [6.45, 7) is 2.73. The van der Waals surface area contributed by atoms with Crippen molar-refractivity contribution >= 4 is 31.9 Å². The number of hydrogen-bond donors (Lipinski definition) is 1. The standard InChI is InChI=1S/C15H14Br2FN/c1-10(12-3-2-4-13(16)8-12)19-9-11-5-6-14(17)15(18)7-11/h2-8,10,19H,9H2,1H3/t10-/m1/s1. The van der Waals surface area contributed by atoms with Crippen LogP contribution >= 0.6 is 31.9 Å². The summed E-state index contributed by atoms with van der Waals surface area (Å²) in [5, 5.41) is 3.39. The fourth-order valence-electron chi connectivity index (χ4n) is 1.81. The van der Waals surface area contributed by atoms with Gasteiger partial charge in [-0.1, -0.05) is 34.1 Å². The molecule has 0 aromatic heterocycles. The predicted molar refractivity (Wildman–Crippen MR) is 83.5 cm³/mol. The average Bonchev–Trinajstić information content (AvgIpc) is 2.40. The number of hydrogen-bond acceptors (Lipinski definition) is 1. The molecule has 0 saturated carbocycles. The number of nitrogens with one attached hydrogen (secondary N) is 1. The van der Waals surface area contributed by atoms with Gasteiger partial charge in [0.2, 0.25) is 0 Å². The Balaban J connectivity index is 2.00. The minimum Gasteiger partial charge on any atom is -0.306 e. The molecule has 19 heavy (non-hydrogen) atoms. The van der Waals surface area contributed by atoms with Crippen LogP contribution in [0.2, 0.25) is 0 Å². The first-order chi connectivity index (χ1) is 9.06. The molecule has 0 radical (unpaired) electrons. The first kappa shape index (κ1) is 14.7. The fourth-order valence-corrected chi connectivity index (χ4v) is 2.48. The van der Waals surface area contributed by atoms with Gasteiger partial charge in [0.25, 0.3) is 0 Å². The van der Waals surface area contributed by atoms with Crippen molar-refractivity contribution in [2.75, 3.05) is 0 Å². The largest absolute Gasteiger partial charge is 0.306 e. The van der Waals surface area contributed by atoms with E-state index in [1.165, 1.54) is 5.56 Å². The van der Waals surface area contributed by atoms with Gasteiger partial charge < -0.3 is 5.32 Å². The van der Waals surface area contributed by atoms with Gasteiger partial charge in [-0.3, -0.25) is 0 Å². The van der Waals surface area contributed by atoms with Crippen LogP contribution in [0.5, 0.6) is 0 Å². The van der Waals surface area contributed by atoms with Crippen molar-refractivity contribution in [3.05, 3.63) is 68.4 Å². The molecule has 0 bridgehead atoms. The topological polar surface area (TPSA) is 12.0 Å². The SMILES string of the molecule is C[C@@H](NCc1ccc(Br)c(F)c1)c1cccc(Br)c1. The number of benzene rings is 2. The van der Waals surface area contributed by atoms with Crippen LogP contribution in [0.1, 0.15) is 24.1 Å². The van der Waals surface area contributed by atoms with Crippen molar-refractivity contribution in [2.45, 2.75) is 19.5 Å². The van der Waals surface area contributed by atoms with E-state index in [9.17, 15) is 4.39 Å². The average molecular weight is 387 g/mol. The highest BCUT2D eigenvalue weighted by Crippen LogP contribution is 2.19. The smallest absolute Gasteiger partial charge is 0.137 e. The summed E-state index contributed by atoms with van der Waals surface area (Å²) in [5.41, 5.74) is 2.13. The molecule has 1 nitrogen and oxygen atoms in total. The zero-order valence-corrected chi connectivity index (χ0v) is 13.6. The Bertz CT molecular complexity index is 572. The second-order valence-electron chi connectivity index (χ2n) is 4.41. The van der Waals surface area contributed by atoms with Crippen molar-refractivity contribution < 1.29 is 4.39 Å². The van der Waals surface area contributed by atoms with Crippen LogP contribution in [-0.2, 0) is 6.54 Å². The third-order valence-electron chi connectivity index (χ3n) is 2.95. The van der Waals surface area contributed by atoms with E-state index in [1.54, 1.807) is 12.1 Å². The zero-order chi connectivity index (χ0) is 13.8. The van der Waals surface area contributed by atoms with E-state index in [1.807, 2.05) is 18.2 Å². The van der Waals surface area contributed by atoms with Gasteiger partial charge in [-0.15, -0.1) is 0 Å². The molecule has 1 N–H and O–H groups in total. The molecule has 0 heterocycles. The molecule has 2 aromatic rings. The lowest BCUT2D eigenvalue weighted by Crippen LogP contribution is -2.18. The van der Waals surface area contributed by atoms with E-state index in [4.69, 9.17) is 0 Å². The summed E-state index contributed by atoms with van der Waals surface area (Å²) < 4.78 is 15.0. The molecule has 1 atom stereocenters. The van der Waals surface area contributed by atoms with Gasteiger partial charge in [0.15, 0.2) is 0 Å². The maximum absolute atomic E-state index is 13.4. The van der Waals surface area contributed by atoms with Crippen molar-refractivity contribution in [1.29, 1.82) is 0 Å². The third kappa shape index (κ3) is 4.13. The van der Waals surface area contributed by atoms with E-state index in [2.05, 4.69) is 56.2 Å². The highest BCUT2D eigenvalue weighted by Gasteiger charge is 2.06. The quantitative estimate of drug-likeness (QED) is 0.761. The van der Waals surface area contributed by atoms with Gasteiger partial charge in [-0.2, -0.15) is 0 Å². The second kappa shape index (κ2) is 6.64. The summed E-state index contributed by atoms with van der Waals surface area (Å²) >= 11 is 6.61. The molecule has 2 aromatic carbocycles. The van der Waals surface area contributed by atoms with Crippen LogP contribution in [0.3, 0.4) is 0 Å². The Kier molecular flexibility index (Phi) is 5.13. The van der Waals surface area contributed by atoms with E-state index in [-0.39, 0.29) is 11.9 Å². The third-order valence-corrected chi connectivity index (χ3v) is 4.08. The van der Waals surface area contributed by atoms with Crippen LogP contribution in [0.25, 0.3) is 0 Å². The van der Waals surface area contributed by atoms with Gasteiger partial charge >= 0.3 is 0 Å². The van der Waals surface area contributed by atoms with Crippen LogP contribution in [0.15, 0.2) is 51.4 Å². The molecule has 4 heteroatoms. The van der Waals surface area contributed by atoms with Gasteiger partial charge in [-0.25, -0.2) is 4.39 Å². The van der Waals surface area contributed by atoms with Crippen molar-refractivity contribution in [3.63, 3.8) is 0 Å². The summed E-state index contributed by atoms with van der Waals surface area (Å²) in [7, 11) is 0. The zero-order valence-electron chi connectivity index (χ0n) is 10.5. The molecule has 0 unspecified atom stereocenters. The Labute approximate surface area is 129 Å². The lowest BCUT2D eigenvalue weighted by molar-refractivity contribution is 0.568. The Hall–Kier alpha value is -0.710. The molecular weight excluding hydrogens is 373 g/mol. The Morgan fingerprint density at radius 2 is 1.95 bits per heavy atom. The summed E-state index contributed by atoms with van der Waals surface area (Å²) in [4.78, 5) is 0. The van der Waals surface area contributed by atoms with Gasteiger partial charge in [0.05, 0.1) is 4.47 Å². The number of rotatable bonds is 4. The van der Waals surface area contributed by atoms with E-state index in [0.29, 0.717) is 11.0 Å². The monoisotopic (exact) mass is 385 g/mol. The van der Waals surface area contributed by atoms with Crippen molar-refractivity contribution in [1.82, 2.24) is 5.32 Å². The molecule has 0 aliphatic heterocycles. The lowest BCUT2D eigenvalue weighted by atomic mass is 10.1. The molecular formula is C15H14Br2FN. The first-order valence-corrected chi connectivity index (χ1v) is 7.57. The molecule has 0 fully saturated rings. The van der Waals surface area contributed by atoms with Crippen LogP contribution in [0, 0.1) is 5.82 Å². The molecule has 2 rings (SSSR count). The molecule has 0 aliphatic carbocycles. The van der Waals surface area contributed by atoms with Crippen LogP contribution in [-0.4, -0.2) is 0 Å². The molecule has 100 valence electrons. The maximum atomic E-state index is 13.4. The van der Waals surface area contributed by atoms with Crippen molar-refractivity contribution in [3.8, 4) is 0 Å². The van der Waals surface area contributed by atoms with Crippen LogP contribution < -0.4 is 5.32 Å². The minimum absolute atomic E-state index is 0.212. The predicted octanol–water partition coefficient (Wildman–Crippen LogP) is 5.20. The van der Waals surface area contributed by atoms with Gasteiger partial charge in [0, 0.05) is 17.1 Å². The van der Waals surface area contributed by atoms with E-state index >= 15 is 0 Å². The molecule has 0 aliphatic rings. The Morgan fingerprint density at radius 3 is 2.63 bits per heavy atom. The number of halogens is 3. The molecule has 0 spiro atoms. The van der Waals surface area contributed by atoms with Gasteiger partial charge in [-0.05, 0) is 58.2 Å². The first-order valence-electron chi connectivity index (χ1n) is 5.99. The van der Waals surface area contributed by atoms with E-state index < -0.39 is 0 Å². The van der Waals surface area contributed by atoms with Crippen molar-refractivity contribution in [2.24, 2.45) is 0 Å². The summed E-state index contributed by atoms with van der Waals surface area (Å²) in [5.74, 6) is -0.227. The fraction of sp³-hybridized carbons (Fsp3) is 0.200. The normalized spacial score (nSPS) is 12.4. The summed E-state index contributed by atoms with van der Waals surface area (Å²) in [6.07, 6.45) is 0. The summed E-state index contributed by atoms with van der Waals surface area (Å²) in [6, 6.07) is 13.6. The molecule has 0 amide bonds. The highest BCUT2D eigenvalue weighted by atomic mass is 79.9. The van der Waals surface area contributed by atoms with Gasteiger partial charge in [0.1, 0.15) is 5.82 Å². The van der Waals surface area contributed by atoms with Crippen LogP contribution in [0.4, 0.5) is 4.39 Å². The molecule has 0 saturated heterocycles. The maximum Gasteiger partial charge on any atom is 0.137 e. The lowest BCUT2D eigenvalue weighted by Gasteiger charge is -2.15. The van der Waals surface area contributed by atoms with E-state index in [0.717, 1.165) is 10.0 Å². The highest BCUT2D eigenvalue weighted by molar-refractivity contribution is 9.10. The Morgan fingerprint density at radius 1 is 1.16 bits per heavy atom.